The second-order valence-electron chi connectivity index (χ2n) is 9.28. The van der Waals surface area contributed by atoms with E-state index in [0.29, 0.717) is 11.3 Å². The summed E-state index contributed by atoms with van der Waals surface area (Å²) in [5.41, 5.74) is 0.786. The molecule has 1 aromatic carbocycles. The maximum absolute atomic E-state index is 14.1. The SMILES string of the molecule is CS(=O)(=O)NC1(CO)C[C@@H]2CC(F)(F)CC[C@H]2[C@@H]1/C=C/c1ccc(-c2cccc(F)c2)cn1. The molecule has 2 aliphatic rings. The Hall–Kier alpha value is -2.23. The number of hydrogen-bond acceptors (Lipinski definition) is 4. The van der Waals surface area contributed by atoms with E-state index in [4.69, 9.17) is 0 Å². The second-order valence-corrected chi connectivity index (χ2v) is 11.0. The number of rotatable bonds is 6. The van der Waals surface area contributed by atoms with Gasteiger partial charge in [-0.1, -0.05) is 24.3 Å². The Bertz CT molecular complexity index is 1140. The number of nitrogens with zero attached hydrogens (tertiary/aromatic N) is 1. The summed E-state index contributed by atoms with van der Waals surface area (Å²) in [5.74, 6) is -4.14. The fraction of sp³-hybridized carbons (Fsp3) is 0.458. The van der Waals surface area contributed by atoms with Crippen LogP contribution < -0.4 is 4.72 Å². The number of fused-ring (bicyclic) bond motifs is 1. The predicted molar refractivity (Wildman–Crippen MR) is 120 cm³/mol. The molecule has 2 aliphatic carbocycles. The zero-order valence-corrected chi connectivity index (χ0v) is 19.0. The zero-order valence-electron chi connectivity index (χ0n) is 18.2. The topological polar surface area (TPSA) is 79.3 Å². The maximum atomic E-state index is 14.1. The Balaban J connectivity index is 1.61. The van der Waals surface area contributed by atoms with Crippen LogP contribution in [0.2, 0.25) is 0 Å². The van der Waals surface area contributed by atoms with Crippen LogP contribution in [0, 0.1) is 23.6 Å². The van der Waals surface area contributed by atoms with Crippen molar-refractivity contribution < 1.29 is 26.7 Å². The number of sulfonamides is 1. The number of aliphatic hydroxyl groups is 1. The molecule has 4 atom stereocenters. The Kier molecular flexibility index (Phi) is 6.41. The molecule has 0 aliphatic heterocycles. The van der Waals surface area contributed by atoms with Gasteiger partial charge < -0.3 is 5.11 Å². The van der Waals surface area contributed by atoms with E-state index in [2.05, 4.69) is 9.71 Å². The highest BCUT2D eigenvalue weighted by Crippen LogP contribution is 2.55. The number of aromatic nitrogens is 1. The van der Waals surface area contributed by atoms with Crippen molar-refractivity contribution in [2.75, 3.05) is 12.9 Å². The van der Waals surface area contributed by atoms with Crippen LogP contribution in [-0.4, -0.2) is 42.8 Å². The molecule has 2 aromatic rings. The molecule has 1 unspecified atom stereocenters. The number of pyridine rings is 1. The molecule has 1 aromatic heterocycles. The van der Waals surface area contributed by atoms with Crippen LogP contribution in [0.3, 0.4) is 0 Å². The summed E-state index contributed by atoms with van der Waals surface area (Å²) in [5, 5.41) is 10.2. The summed E-state index contributed by atoms with van der Waals surface area (Å²) in [6.07, 6.45) is 5.98. The van der Waals surface area contributed by atoms with Crippen molar-refractivity contribution in [1.29, 1.82) is 0 Å². The van der Waals surface area contributed by atoms with Gasteiger partial charge in [0.2, 0.25) is 15.9 Å². The summed E-state index contributed by atoms with van der Waals surface area (Å²) >= 11 is 0. The molecule has 0 bridgehead atoms. The van der Waals surface area contributed by atoms with Crippen LogP contribution in [0.25, 0.3) is 17.2 Å². The van der Waals surface area contributed by atoms with Gasteiger partial charge in [-0.05, 0) is 54.5 Å². The number of nitrogens with one attached hydrogen (secondary N) is 1. The Morgan fingerprint density at radius 1 is 1.21 bits per heavy atom. The van der Waals surface area contributed by atoms with Gasteiger partial charge in [0.15, 0.2) is 0 Å². The van der Waals surface area contributed by atoms with Crippen molar-refractivity contribution in [3.8, 4) is 11.1 Å². The van der Waals surface area contributed by atoms with E-state index < -0.39 is 39.9 Å². The first-order chi connectivity index (χ1) is 15.5. The molecule has 5 nitrogen and oxygen atoms in total. The lowest BCUT2D eigenvalue weighted by molar-refractivity contribution is -0.0659. The van der Waals surface area contributed by atoms with E-state index in [9.17, 15) is 26.7 Å². The average molecular weight is 481 g/mol. The molecule has 4 rings (SSSR count). The standard InChI is InChI=1S/C24H27F3N2O3S/c1-33(31,32)29-23(15-30)12-18-13-24(26,27)10-9-21(18)22(23)8-7-20-6-5-17(14-28-20)16-3-2-4-19(25)11-16/h2-8,11,14,18,21-22,29-30H,9-10,12-13,15H2,1H3/b8-7+/t18-,21-,22+,23?/m1/s1. The molecule has 0 radical (unpaired) electrons. The third-order valence-corrected chi connectivity index (χ3v) is 7.60. The van der Waals surface area contributed by atoms with Gasteiger partial charge >= 0.3 is 0 Å². The molecule has 1 heterocycles. The summed E-state index contributed by atoms with van der Waals surface area (Å²) in [7, 11) is -3.68. The van der Waals surface area contributed by atoms with Gasteiger partial charge in [0.25, 0.3) is 0 Å². The van der Waals surface area contributed by atoms with E-state index in [0.717, 1.165) is 11.8 Å². The summed E-state index contributed by atoms with van der Waals surface area (Å²) < 4.78 is 68.3. The third-order valence-electron chi connectivity index (χ3n) is 6.82. The Morgan fingerprint density at radius 3 is 2.64 bits per heavy atom. The van der Waals surface area contributed by atoms with Crippen molar-refractivity contribution in [3.63, 3.8) is 0 Å². The smallest absolute Gasteiger partial charge is 0.248 e. The molecule has 9 heteroatoms. The van der Waals surface area contributed by atoms with Crippen molar-refractivity contribution in [2.24, 2.45) is 17.8 Å². The van der Waals surface area contributed by atoms with E-state index in [1.807, 2.05) is 0 Å². The van der Waals surface area contributed by atoms with E-state index in [-0.39, 0.29) is 37.4 Å². The largest absolute Gasteiger partial charge is 0.394 e. The van der Waals surface area contributed by atoms with Gasteiger partial charge in [-0.15, -0.1) is 0 Å². The van der Waals surface area contributed by atoms with Gasteiger partial charge in [-0.2, -0.15) is 0 Å². The van der Waals surface area contributed by atoms with Crippen LogP contribution in [0.1, 0.15) is 31.4 Å². The van der Waals surface area contributed by atoms with E-state index >= 15 is 0 Å². The minimum atomic E-state index is -3.68. The average Bonchev–Trinajstić information content (AvgIpc) is 3.02. The Labute approximate surface area is 191 Å². The van der Waals surface area contributed by atoms with Crippen LogP contribution in [-0.2, 0) is 10.0 Å². The fourth-order valence-electron chi connectivity index (χ4n) is 5.51. The highest BCUT2D eigenvalue weighted by atomic mass is 32.2. The molecular formula is C24H27F3N2O3S. The van der Waals surface area contributed by atoms with Crippen LogP contribution >= 0.6 is 0 Å². The first-order valence-electron chi connectivity index (χ1n) is 10.9. The van der Waals surface area contributed by atoms with Gasteiger partial charge in [-0.3, -0.25) is 4.98 Å². The number of hydrogen-bond donors (Lipinski definition) is 2. The van der Waals surface area contributed by atoms with Gasteiger partial charge in [0.05, 0.1) is 24.1 Å². The van der Waals surface area contributed by atoms with Crippen molar-refractivity contribution in [3.05, 3.63) is 60.2 Å². The molecule has 178 valence electrons. The third kappa shape index (κ3) is 5.31. The monoisotopic (exact) mass is 480 g/mol. The highest BCUT2D eigenvalue weighted by Gasteiger charge is 2.57. The predicted octanol–water partition coefficient (Wildman–Crippen LogP) is 4.25. The maximum Gasteiger partial charge on any atom is 0.248 e. The normalized spacial score (nSPS) is 29.3. The number of aliphatic hydroxyl groups excluding tert-OH is 1. The van der Waals surface area contributed by atoms with Crippen molar-refractivity contribution >= 4 is 16.1 Å². The lowest BCUT2D eigenvalue weighted by Gasteiger charge is -2.36. The molecule has 2 fully saturated rings. The summed E-state index contributed by atoms with van der Waals surface area (Å²) in [6, 6.07) is 9.72. The lowest BCUT2D eigenvalue weighted by atomic mass is 9.75. The van der Waals surface area contributed by atoms with Gasteiger partial charge in [0.1, 0.15) is 5.82 Å². The molecule has 0 spiro atoms. The molecule has 0 amide bonds. The first kappa shape index (κ1) is 23.9. The highest BCUT2D eigenvalue weighted by molar-refractivity contribution is 7.88. The summed E-state index contributed by atoms with van der Waals surface area (Å²) in [4.78, 5) is 4.39. The molecule has 33 heavy (non-hydrogen) atoms. The van der Waals surface area contributed by atoms with Gasteiger partial charge in [0, 0.05) is 30.5 Å². The van der Waals surface area contributed by atoms with Crippen molar-refractivity contribution in [2.45, 2.75) is 37.1 Å². The number of alkyl halides is 2. The second kappa shape index (κ2) is 8.85. The number of halogens is 3. The molecular weight excluding hydrogens is 453 g/mol. The Morgan fingerprint density at radius 2 is 2.00 bits per heavy atom. The quantitative estimate of drug-likeness (QED) is 0.648. The van der Waals surface area contributed by atoms with Crippen LogP contribution in [0.5, 0.6) is 0 Å². The van der Waals surface area contributed by atoms with Crippen molar-refractivity contribution in [1.82, 2.24) is 9.71 Å². The van der Waals surface area contributed by atoms with Crippen LogP contribution in [0.15, 0.2) is 48.7 Å². The first-order valence-corrected chi connectivity index (χ1v) is 12.8. The zero-order chi connectivity index (χ0) is 23.9. The minimum Gasteiger partial charge on any atom is -0.394 e. The van der Waals surface area contributed by atoms with Gasteiger partial charge in [-0.25, -0.2) is 26.3 Å². The fourth-order valence-corrected chi connectivity index (χ4v) is 6.54. The van der Waals surface area contributed by atoms with Crippen LogP contribution in [0.4, 0.5) is 13.2 Å². The molecule has 0 saturated heterocycles. The lowest BCUT2D eigenvalue weighted by Crippen LogP contribution is -2.54. The minimum absolute atomic E-state index is 0.151. The van der Waals surface area contributed by atoms with E-state index in [1.165, 1.54) is 12.1 Å². The van der Waals surface area contributed by atoms with E-state index in [1.54, 1.807) is 42.6 Å². The summed E-state index contributed by atoms with van der Waals surface area (Å²) in [6.45, 7) is -0.487. The molecule has 2 N–H and O–H groups in total. The molecule has 2 saturated carbocycles. The number of benzene rings is 1.